The van der Waals surface area contributed by atoms with Crippen molar-refractivity contribution in [3.8, 4) is 0 Å². The van der Waals surface area contributed by atoms with E-state index in [-0.39, 0.29) is 91.6 Å². The largest absolute Gasteiger partial charge is 0.478 e. The van der Waals surface area contributed by atoms with Crippen molar-refractivity contribution in [3.63, 3.8) is 0 Å². The van der Waals surface area contributed by atoms with Crippen molar-refractivity contribution in [3.05, 3.63) is 314 Å². The quantitative estimate of drug-likeness (QED) is 0.00715. The zero-order valence-corrected chi connectivity index (χ0v) is 79.9. The summed E-state index contributed by atoms with van der Waals surface area (Å²) in [6.45, 7) is 13.2. The van der Waals surface area contributed by atoms with Gasteiger partial charge >= 0.3 is 90.1 Å². The number of carbonyl (C=O) groups is 9. The zero-order valence-electron chi connectivity index (χ0n) is 79.9. The minimum atomic E-state index is -5.12. The van der Waals surface area contributed by atoms with E-state index < -0.39 is 136 Å². The van der Waals surface area contributed by atoms with Crippen molar-refractivity contribution in [2.75, 3.05) is 42.7 Å². The van der Waals surface area contributed by atoms with Crippen LogP contribution in [-0.2, 0) is 125 Å². The number of aromatic nitrogens is 6. The summed E-state index contributed by atoms with van der Waals surface area (Å²) in [5.41, 5.74) is 13.3. The maximum absolute atomic E-state index is 13.6. The highest BCUT2D eigenvalue weighted by Gasteiger charge is 2.54. The van der Waals surface area contributed by atoms with Gasteiger partial charge in [-0.2, -0.15) is 67.6 Å². The average Bonchev–Trinajstić information content (AvgIpc) is 1.56. The number of nitrogens with zero attached hydrogens (tertiary/aromatic N) is 7. The summed E-state index contributed by atoms with van der Waals surface area (Å²) in [6.07, 6.45) is -16.7. The lowest BCUT2D eigenvalue weighted by molar-refractivity contribution is -0.172. The van der Waals surface area contributed by atoms with Crippen LogP contribution < -0.4 is 5.73 Å². The van der Waals surface area contributed by atoms with Gasteiger partial charge in [-0.1, -0.05) is 118 Å². The number of esters is 6. The predicted molar refractivity (Wildman–Crippen MR) is 488 cm³/mol. The Hall–Kier alpha value is -14.9. The number of ketones is 1. The summed E-state index contributed by atoms with van der Waals surface area (Å²) in [5.74, 6) is -13.8. The number of Topliss-reactive ketones (excluding diaryl/α,β-unsaturated/α-hetero) is 1. The number of halogens is 12. The lowest BCUT2D eigenvalue weighted by Crippen LogP contribution is -2.44. The predicted octanol–water partition coefficient (Wildman–Crippen LogP) is 18.8. The second-order valence-electron chi connectivity index (χ2n) is 36.1. The van der Waals surface area contributed by atoms with Crippen molar-refractivity contribution < 1.29 is 153 Å². The maximum Gasteiger partial charge on any atom is 0.471 e. The molecule has 4 aliphatic carbocycles. The molecule has 0 amide bonds. The molecule has 42 heteroatoms. The Morgan fingerprint density at radius 3 is 0.750 bits per heavy atom. The van der Waals surface area contributed by atoms with E-state index in [2.05, 4.69) is 63.0 Å². The Balaban J connectivity index is 0.000000184. The molecule has 5 N–H and O–H groups in total. The van der Waals surface area contributed by atoms with Gasteiger partial charge in [0, 0.05) is 14.8 Å². The molecule has 0 saturated heterocycles. The highest BCUT2D eigenvalue weighted by Crippen LogP contribution is 2.55. The Bertz CT molecular complexity index is 6490. The number of hydrogen-bond donors (Lipinski definition) is 4. The number of methoxy groups -OCH3 is 6. The molecule has 0 aliphatic heterocycles. The third-order valence-electron chi connectivity index (χ3n) is 25.5. The molecule has 3 radical (unpaired) electrons. The molecule has 0 unspecified atom stereocenters. The number of carbonyl (C=O) groups excluding carboxylic acids is 7. The number of carboxylic acid groups (broad SMARTS) is 2. The molecular weight excluding hydrogens is 1910 g/mol. The van der Waals surface area contributed by atoms with Crippen LogP contribution in [0.4, 0.5) is 52.7 Å². The Kier molecular flexibility index (Phi) is 33.1. The normalized spacial score (nSPS) is 14.8. The highest BCUT2D eigenvalue weighted by atomic mass is 19.4. The molecule has 144 heavy (non-hydrogen) atoms. The number of carboxylic acids is 2. The van der Waals surface area contributed by atoms with Crippen molar-refractivity contribution in [1.82, 2.24) is 30.4 Å². The van der Waals surface area contributed by atoms with Crippen molar-refractivity contribution in [2.45, 2.75) is 178 Å². The van der Waals surface area contributed by atoms with Crippen LogP contribution in [0.3, 0.4) is 0 Å². The smallest absolute Gasteiger partial charge is 0.471 e. The summed E-state index contributed by atoms with van der Waals surface area (Å²) in [5, 5.41) is 43.4. The fraction of sp³-hybridized carbons (Fsp3) is 0.373. The van der Waals surface area contributed by atoms with Crippen LogP contribution in [-0.4, -0.2) is 162 Å². The van der Waals surface area contributed by atoms with Gasteiger partial charge in [-0.05, 0) is 287 Å². The number of ether oxygens (including phenoxy) is 6. The first-order chi connectivity index (χ1) is 67.3. The second-order valence-corrected chi connectivity index (χ2v) is 36.1. The summed E-state index contributed by atoms with van der Waals surface area (Å²) in [7, 11) is 7.58. The number of rotatable bonds is 22. The van der Waals surface area contributed by atoms with Gasteiger partial charge in [0.2, 0.25) is 5.78 Å². The Morgan fingerprint density at radius 2 is 0.556 bits per heavy atom. The van der Waals surface area contributed by atoms with Crippen LogP contribution >= 0.6 is 0 Å². The van der Waals surface area contributed by atoms with Gasteiger partial charge in [0.1, 0.15) is 0 Å². The number of nitrogens with two attached hydrogens (primary N) is 1. The minimum absolute atomic E-state index is 0. The van der Waals surface area contributed by atoms with E-state index in [0.29, 0.717) is 129 Å². The first-order valence-corrected chi connectivity index (χ1v) is 44.7. The fourth-order valence-electron chi connectivity index (χ4n) is 19.9. The number of hydrogen-bond acceptors (Lipinski definition) is 26. The molecule has 3 heterocycles. The van der Waals surface area contributed by atoms with Gasteiger partial charge in [0.15, 0.2) is 23.3 Å². The fourth-order valence-corrected chi connectivity index (χ4v) is 19.9. The van der Waals surface area contributed by atoms with Crippen LogP contribution in [0.15, 0.2) is 164 Å². The first-order valence-electron chi connectivity index (χ1n) is 44.7. The number of aryl methyl sites for hydroxylation is 8. The summed E-state index contributed by atoms with van der Waals surface area (Å²) >= 11 is 0. The van der Waals surface area contributed by atoms with Crippen LogP contribution in [0.2, 0.25) is 0 Å². The molecule has 4 aliphatic rings. The zero-order chi connectivity index (χ0) is 105. The number of alkyl halides is 12. The van der Waals surface area contributed by atoms with Gasteiger partial charge in [-0.15, -0.1) is 0 Å². The number of aromatic carboxylic acids is 2. The van der Waals surface area contributed by atoms with Gasteiger partial charge in [-0.25, -0.2) is 38.4 Å². The van der Waals surface area contributed by atoms with Gasteiger partial charge in [-0.3, -0.25) is 4.79 Å². The van der Waals surface area contributed by atoms with Crippen molar-refractivity contribution in [1.29, 1.82) is 0 Å². The standard InChI is InChI=1S/C28H24F6N2O6.C26H25F3N2O5.C24H21F3N2O5.C24H28N2O5.B/c1-14(10-21(37)27(29,30)31)13-26(24-35-25(42-36-24)28(32,33)34)19-8-6-17(22(38)40-2)11-15(19)4-5-16-12-18(23(39)41-3)7-9-20(16)26;1-14(2)13-25(23-30-24(36-31-23)26(27,28)29)19-9-7-17(21(32)34-3)11-15(19)5-6-16-12-18(22(33)35-4)8-10-20(16)25;1-12(2)11-23(21-28-22(34-29-21)24(25,26)27)17-7-5-15(19(30)31)9-13(17)3-4-14-10-16(20(32)33)6-8-18(14)23;1-14(2)13-24(23(25)26-29)19-9-7-17(21(27)30-3)11-15(19)5-6-16-12-18(22(28)31-4)8-10-20(16)24;/h6-9,11-12,14H,4-5,10,13H2,1-3H3;7-12,14H,5-6,13H2,1-4H3;5-10,12H,3-4,11H2,1-2H3,(H,30,31)(H,32,33);7-12,14,29H,5-6,13H2,1-4H3,(H2,25,26);/t14-;;;;/m1..../s1. The average molecular weight is 2010 g/mol. The summed E-state index contributed by atoms with van der Waals surface area (Å²) < 4.78 is 204. The molecule has 0 spiro atoms. The van der Waals surface area contributed by atoms with Crippen LogP contribution in [0.1, 0.15) is 288 Å². The number of oxime groups is 1. The first kappa shape index (κ1) is 109. The number of benzene rings is 8. The van der Waals surface area contributed by atoms with Crippen molar-refractivity contribution >= 4 is 67.8 Å². The minimum Gasteiger partial charge on any atom is -0.478 e. The van der Waals surface area contributed by atoms with E-state index >= 15 is 0 Å². The molecule has 0 saturated carbocycles. The monoisotopic (exact) mass is 2010 g/mol. The lowest BCUT2D eigenvalue weighted by atomic mass is 9.66. The van der Waals surface area contributed by atoms with Crippen LogP contribution in [0.5, 0.6) is 0 Å². The third kappa shape index (κ3) is 22.1. The molecule has 8 aromatic carbocycles. The summed E-state index contributed by atoms with van der Waals surface area (Å²) in [6, 6.07) is 38.3. The van der Waals surface area contributed by atoms with E-state index in [9.17, 15) is 111 Å². The van der Waals surface area contributed by atoms with Gasteiger partial charge < -0.3 is 63.1 Å². The SMILES string of the molecule is CC(C)CC1(c2noc(C(F)(F)F)n2)c2ccc(C(=O)O)cc2CCc2cc(C(=O)O)ccc21.COC(=O)c1ccc2c(c1)CCc1cc(C(=O)OC)ccc1C2(CC(C)C)C(N)=NO.COC(=O)c1ccc2c(c1)CCc1cc(C(=O)OC)ccc1C2(CC(C)C)c1noc(C(F)(F)F)n1.COC(=O)c1ccc2c(c1)CCc1cc(C(=O)OC)ccc1C2(C[C@H](C)CC(=O)C(F)(F)F)c1noc(C(F)(F)F)n1.[B]. The highest BCUT2D eigenvalue weighted by molar-refractivity contribution is 5.99. The number of amidine groups is 1. The topological polar surface area (TPSA) is 425 Å². The third-order valence-corrected chi connectivity index (χ3v) is 25.5. The lowest BCUT2D eigenvalue weighted by Gasteiger charge is -2.37. The molecular formula is C102H98BF12N8O21. The Morgan fingerprint density at radius 1 is 0.347 bits per heavy atom. The molecule has 11 aromatic rings. The molecule has 0 fully saturated rings. The number of fused-ring (bicyclic) bond motifs is 8. The Labute approximate surface area is 817 Å². The molecule has 1 atom stereocenters. The summed E-state index contributed by atoms with van der Waals surface area (Å²) in [4.78, 5) is 120. The van der Waals surface area contributed by atoms with E-state index in [4.69, 9.17) is 34.2 Å². The van der Waals surface area contributed by atoms with E-state index in [0.717, 1.165) is 33.4 Å². The molecule has 29 nitrogen and oxygen atoms in total. The van der Waals surface area contributed by atoms with Gasteiger partial charge in [0.25, 0.3) is 0 Å². The van der Waals surface area contributed by atoms with Crippen LogP contribution in [0, 0.1) is 23.7 Å². The van der Waals surface area contributed by atoms with E-state index in [1.807, 2.05) is 52.0 Å². The molecule has 0 bridgehead atoms. The van der Waals surface area contributed by atoms with E-state index in [1.165, 1.54) is 110 Å². The molecule has 3 aromatic heterocycles. The van der Waals surface area contributed by atoms with Crippen molar-refractivity contribution in [2.24, 2.45) is 34.6 Å². The van der Waals surface area contributed by atoms with Gasteiger partial charge in [0.05, 0.1) is 109 Å². The van der Waals surface area contributed by atoms with E-state index in [1.54, 1.807) is 60.7 Å². The van der Waals surface area contributed by atoms with Crippen LogP contribution in [0.25, 0.3) is 0 Å². The molecule has 15 rings (SSSR count). The second kappa shape index (κ2) is 43.5. The maximum atomic E-state index is 13.6. The molecule has 759 valence electrons.